The van der Waals surface area contributed by atoms with E-state index in [4.69, 9.17) is 0 Å². The summed E-state index contributed by atoms with van der Waals surface area (Å²) in [6, 6.07) is 25.2. The van der Waals surface area contributed by atoms with E-state index in [9.17, 15) is 9.59 Å². The summed E-state index contributed by atoms with van der Waals surface area (Å²) in [5.74, 6) is 4.71. The van der Waals surface area contributed by atoms with Crippen LogP contribution in [-0.4, -0.2) is 39.3 Å². The summed E-state index contributed by atoms with van der Waals surface area (Å²) in [6.45, 7) is 4.64. The van der Waals surface area contributed by atoms with Gasteiger partial charge in [0.25, 0.3) is 0 Å². The summed E-state index contributed by atoms with van der Waals surface area (Å²) in [4.78, 5) is 28.7. The Kier molecular flexibility index (Phi) is 4.53. The van der Waals surface area contributed by atoms with Gasteiger partial charge < -0.3 is 0 Å². The van der Waals surface area contributed by atoms with Gasteiger partial charge in [0.1, 0.15) is 0 Å². The van der Waals surface area contributed by atoms with Crippen LogP contribution in [0, 0.1) is 0 Å². The van der Waals surface area contributed by atoms with E-state index in [1.807, 2.05) is 18.2 Å². The van der Waals surface area contributed by atoms with Crippen LogP contribution in [0.25, 0.3) is 6.08 Å². The van der Waals surface area contributed by atoms with Gasteiger partial charge in [0.05, 0.1) is 0 Å². The van der Waals surface area contributed by atoms with Crippen molar-refractivity contribution in [2.45, 2.75) is 30.8 Å². The topological polar surface area (TPSA) is 37.4 Å². The molecule has 0 unspecified atom stereocenters. The summed E-state index contributed by atoms with van der Waals surface area (Å²) in [5.41, 5.74) is 6.56. The number of allylic oxidation sites excluding steroid dienone is 1. The number of anilines is 3. The second-order valence-electron chi connectivity index (χ2n) is 10.9. The molecule has 0 fully saturated rings. The summed E-state index contributed by atoms with van der Waals surface area (Å²) >= 11 is -2.51. The van der Waals surface area contributed by atoms with Crippen molar-refractivity contribution in [3.8, 4) is 0 Å². The fourth-order valence-corrected chi connectivity index (χ4v) is 15.2. The van der Waals surface area contributed by atoms with E-state index in [1.165, 1.54) is 35.9 Å². The van der Waals surface area contributed by atoms with Crippen molar-refractivity contribution in [2.24, 2.45) is 0 Å². The molecule has 0 saturated carbocycles. The monoisotopic (exact) mass is 597 g/mol. The Hall–Kier alpha value is -2.92. The molecular weight excluding hydrogens is 570 g/mol. The third-order valence-corrected chi connectivity index (χ3v) is 17.8. The maximum absolute atomic E-state index is 13.1. The average Bonchev–Trinajstić information content (AvgIpc) is 3.40. The summed E-state index contributed by atoms with van der Waals surface area (Å²) in [6.07, 6.45) is 1.88. The first-order chi connectivity index (χ1) is 17.2. The van der Waals surface area contributed by atoms with Crippen LogP contribution in [0.3, 0.4) is 0 Å². The first kappa shape index (κ1) is 22.3. The van der Waals surface area contributed by atoms with Gasteiger partial charge in [0.2, 0.25) is 0 Å². The Balaban J connectivity index is 1.46. The maximum atomic E-state index is 13.1. The zero-order valence-corrected chi connectivity index (χ0v) is 24.5. The standard InChI is InChI=1S/C31H25GeNO2Se/c1-31(2)22-12-9-14-25-27(22)33(26-15-8-7-13-24(26)32(25,3)4)30-23(31)17-18(36-30)16-21-28(34)19-10-5-6-11-20(19)29(21)35/h5-17H,1-4H3. The third-order valence-electron chi connectivity index (χ3n) is 8.22. The fraction of sp³-hybridized carbons (Fsp3) is 0.161. The molecule has 0 N–H and O–H groups in total. The molecule has 7 rings (SSSR count). The summed E-state index contributed by atoms with van der Waals surface area (Å²) in [7, 11) is 0. The number of carbonyl (C=O) groups excluding carboxylic acids is 2. The van der Waals surface area contributed by atoms with E-state index in [1.54, 1.807) is 12.1 Å². The van der Waals surface area contributed by atoms with E-state index in [-0.39, 0.29) is 31.5 Å². The fourth-order valence-electron chi connectivity index (χ4n) is 6.24. The number of hydrogen-bond acceptors (Lipinski definition) is 3. The first-order valence-corrected chi connectivity index (χ1v) is 20.3. The molecule has 0 radical (unpaired) electrons. The number of nitrogens with zero attached hydrogens (tertiary/aromatic N) is 1. The predicted octanol–water partition coefficient (Wildman–Crippen LogP) is 5.45. The van der Waals surface area contributed by atoms with Crippen molar-refractivity contribution < 1.29 is 9.59 Å². The van der Waals surface area contributed by atoms with Crippen LogP contribution < -0.4 is 13.7 Å². The van der Waals surface area contributed by atoms with Crippen LogP contribution in [-0.2, 0) is 5.41 Å². The second-order valence-corrected chi connectivity index (χ2v) is 22.2. The zero-order valence-electron chi connectivity index (χ0n) is 20.7. The molecule has 2 aliphatic heterocycles. The van der Waals surface area contributed by atoms with E-state index < -0.39 is 13.3 Å². The molecule has 3 nitrogen and oxygen atoms in total. The van der Waals surface area contributed by atoms with Gasteiger partial charge in [0.15, 0.2) is 0 Å². The van der Waals surface area contributed by atoms with Crippen LogP contribution in [0.2, 0.25) is 11.5 Å². The third kappa shape index (κ3) is 2.75. The van der Waals surface area contributed by atoms with Gasteiger partial charge in [-0.3, -0.25) is 0 Å². The van der Waals surface area contributed by atoms with E-state index in [0.717, 1.165) is 4.44 Å². The van der Waals surface area contributed by atoms with Crippen LogP contribution in [0.5, 0.6) is 0 Å². The van der Waals surface area contributed by atoms with Gasteiger partial charge in [-0.1, -0.05) is 0 Å². The Bertz CT molecular complexity index is 1650. The normalized spacial score (nSPS) is 17.9. The molecule has 5 heteroatoms. The molecule has 0 bridgehead atoms. The molecule has 3 heterocycles. The molecule has 0 saturated heterocycles. The minimum absolute atomic E-state index is 0.0265. The minimum atomic E-state index is -2.49. The van der Waals surface area contributed by atoms with E-state index >= 15 is 0 Å². The first-order valence-electron chi connectivity index (χ1n) is 12.3. The van der Waals surface area contributed by atoms with Crippen molar-refractivity contribution in [2.75, 3.05) is 4.90 Å². The van der Waals surface area contributed by atoms with Crippen molar-refractivity contribution in [1.29, 1.82) is 0 Å². The summed E-state index contributed by atoms with van der Waals surface area (Å²) in [5, 5.41) is 0. The molecule has 0 amide bonds. The molecule has 3 aliphatic rings. The number of rotatable bonds is 1. The van der Waals surface area contributed by atoms with Crippen LogP contribution >= 0.6 is 0 Å². The van der Waals surface area contributed by atoms with E-state index in [2.05, 4.69) is 78.8 Å². The van der Waals surface area contributed by atoms with Crippen LogP contribution in [0.4, 0.5) is 15.9 Å². The Morgan fingerprint density at radius 1 is 0.806 bits per heavy atom. The predicted molar refractivity (Wildman–Crippen MR) is 150 cm³/mol. The average molecular weight is 595 g/mol. The Labute approximate surface area is 219 Å². The molecular formula is C31H25GeNO2Se. The van der Waals surface area contributed by atoms with Gasteiger partial charge in [0, 0.05) is 0 Å². The number of para-hydroxylation sites is 2. The molecule has 0 atom stereocenters. The molecule has 176 valence electrons. The number of hydrogen-bond donors (Lipinski definition) is 0. The van der Waals surface area contributed by atoms with Crippen molar-refractivity contribution >= 4 is 70.1 Å². The molecule has 3 aromatic carbocycles. The van der Waals surface area contributed by atoms with Crippen molar-refractivity contribution in [1.82, 2.24) is 0 Å². The Morgan fingerprint density at radius 3 is 2.17 bits per heavy atom. The molecule has 1 aliphatic carbocycles. The summed E-state index contributed by atoms with van der Waals surface area (Å²) < 4.78 is 5.46. The van der Waals surface area contributed by atoms with Crippen LogP contribution in [0.1, 0.15) is 50.1 Å². The molecule has 4 aromatic rings. The number of Topliss-reactive ketones (excluding diaryl/α,β-unsaturated/α-hetero) is 2. The number of ketones is 2. The number of carbonyl (C=O) groups is 2. The van der Waals surface area contributed by atoms with Crippen molar-refractivity contribution in [3.05, 3.63) is 105 Å². The molecule has 1 aromatic heterocycles. The van der Waals surface area contributed by atoms with Gasteiger partial charge in [-0.25, -0.2) is 0 Å². The van der Waals surface area contributed by atoms with Gasteiger partial charge in [-0.05, 0) is 0 Å². The number of fused-ring (bicyclic) bond motifs is 5. The van der Waals surface area contributed by atoms with Gasteiger partial charge in [-0.15, -0.1) is 0 Å². The molecule has 0 spiro atoms. The van der Waals surface area contributed by atoms with E-state index in [0.29, 0.717) is 16.7 Å². The molecule has 36 heavy (non-hydrogen) atoms. The van der Waals surface area contributed by atoms with Gasteiger partial charge in [-0.2, -0.15) is 0 Å². The zero-order chi connectivity index (χ0) is 25.0. The van der Waals surface area contributed by atoms with Gasteiger partial charge >= 0.3 is 220 Å². The SMILES string of the molecule is CC1(C)c2cc(C=C3C(=O)c4ccccc4C3=O)[se]c2N2c3cccc[c]3[Ge]([CH3])([CH3])[c]3cccc1c32. The number of benzene rings is 3. The quantitative estimate of drug-likeness (QED) is 0.167. The Morgan fingerprint density at radius 2 is 1.44 bits per heavy atom. The van der Waals surface area contributed by atoms with Crippen LogP contribution in [0.15, 0.2) is 78.4 Å². The van der Waals surface area contributed by atoms with Crippen molar-refractivity contribution in [3.63, 3.8) is 0 Å². The second kappa shape index (κ2) is 7.32.